The normalized spacial score (nSPS) is 13.0. The average Bonchev–Trinajstić information content (AvgIpc) is 3.31. The predicted molar refractivity (Wildman–Crippen MR) is 197 cm³/mol. The van der Waals surface area contributed by atoms with E-state index in [0.717, 1.165) is 49.0 Å². The summed E-state index contributed by atoms with van der Waals surface area (Å²) in [5, 5.41) is 8.96. The van der Waals surface area contributed by atoms with Gasteiger partial charge >= 0.3 is 8.24 Å². The monoisotopic (exact) mass is 650 g/mol. The molecule has 1 heterocycles. The minimum Gasteiger partial charge on any atom is -0.399 e. The molecule has 0 saturated carbocycles. The van der Waals surface area contributed by atoms with Gasteiger partial charge in [-0.15, -0.1) is 0 Å². The zero-order chi connectivity index (χ0) is 31.6. The largest absolute Gasteiger partial charge is 0.399 e. The molecule has 0 saturated heterocycles. The Labute approximate surface area is 275 Å². The van der Waals surface area contributed by atoms with E-state index in [1.54, 1.807) is 7.11 Å². The van der Waals surface area contributed by atoms with E-state index in [1.165, 1.54) is 10.6 Å². The van der Waals surface area contributed by atoms with Gasteiger partial charge in [0.25, 0.3) is 0 Å². The third-order valence-corrected chi connectivity index (χ3v) is 12.4. The molecule has 7 aromatic carbocycles. The first kappa shape index (κ1) is 29.7. The molecular weight excluding hydrogens is 618 g/mol. The van der Waals surface area contributed by atoms with Gasteiger partial charge in [0.2, 0.25) is 0 Å². The van der Waals surface area contributed by atoms with Crippen LogP contribution in [-0.2, 0) is 4.74 Å². The second-order valence-electron chi connectivity index (χ2n) is 11.3. The van der Waals surface area contributed by atoms with Crippen LogP contribution in [0.4, 0.5) is 0 Å². The van der Waals surface area contributed by atoms with Gasteiger partial charge in [0.15, 0.2) is 6.29 Å². The molecule has 0 N–H and O–H groups in total. The Kier molecular flexibility index (Phi) is 8.34. The van der Waals surface area contributed by atoms with Crippen molar-refractivity contribution < 1.29 is 17.7 Å². The van der Waals surface area contributed by atoms with Crippen LogP contribution >= 0.6 is 16.2 Å². The second kappa shape index (κ2) is 13.2. The smallest absolute Gasteiger partial charge is 0.390 e. The first-order valence-electron chi connectivity index (χ1n) is 15.6. The Morgan fingerprint density at radius 2 is 0.957 bits per heavy atom. The van der Waals surface area contributed by atoms with Crippen molar-refractivity contribution in [2.75, 3.05) is 7.11 Å². The molecule has 2 atom stereocenters. The number of benzene rings is 7. The third-order valence-electron chi connectivity index (χ3n) is 8.55. The molecule has 0 amide bonds. The SMILES string of the molecule is CO[C@@H](Op1oc2ccc3ccccc3c2c2c(ccc3ccccc32)o1)[C@@H](c1ccccc1)P(c1ccccc1)c1ccccc1. The molecule has 0 bridgehead atoms. The molecule has 8 rings (SSSR count). The van der Waals surface area contributed by atoms with Gasteiger partial charge in [-0.2, -0.15) is 0 Å². The van der Waals surface area contributed by atoms with Crippen molar-refractivity contribution in [1.29, 1.82) is 0 Å². The number of fused-ring (bicyclic) bond motifs is 7. The fourth-order valence-corrected chi connectivity index (χ4v) is 10.5. The Bertz CT molecular complexity index is 2200. The first-order valence-corrected chi connectivity index (χ1v) is 18.1. The number of hydrogen-bond acceptors (Lipinski definition) is 4. The van der Waals surface area contributed by atoms with Crippen molar-refractivity contribution in [2.24, 2.45) is 0 Å². The van der Waals surface area contributed by atoms with Gasteiger partial charge in [-0.1, -0.05) is 152 Å². The van der Waals surface area contributed by atoms with E-state index in [1.807, 2.05) is 18.2 Å². The molecule has 0 unspecified atom stereocenters. The molecule has 6 heteroatoms. The number of hydrogen-bond donors (Lipinski definition) is 0. The predicted octanol–water partition coefficient (Wildman–Crippen LogP) is 10.9. The van der Waals surface area contributed by atoms with Crippen LogP contribution in [0.1, 0.15) is 11.2 Å². The van der Waals surface area contributed by atoms with E-state index < -0.39 is 22.5 Å². The van der Waals surface area contributed by atoms with Crippen molar-refractivity contribution in [3.63, 3.8) is 0 Å². The summed E-state index contributed by atoms with van der Waals surface area (Å²) in [5.74, 6) is 0. The van der Waals surface area contributed by atoms with Crippen molar-refractivity contribution in [1.82, 2.24) is 0 Å². The standard InChI is InChI=1S/C41H32O4P2/c1-42-41(40(31-17-5-2-6-18-31)46(32-19-7-3-8-20-32)33-21-9-4-10-22-33)45-47-43-36-27-25-29-15-11-13-23-34(29)38(36)39-35-24-14-12-16-30(35)26-28-37(39)44-47/h2-28,40-41H,1H3/t40-,41+/m1/s1. The molecule has 8 aromatic rings. The van der Waals surface area contributed by atoms with E-state index in [-0.39, 0.29) is 5.66 Å². The summed E-state index contributed by atoms with van der Waals surface area (Å²) in [6.45, 7) is 0. The lowest BCUT2D eigenvalue weighted by Gasteiger charge is -2.33. The van der Waals surface area contributed by atoms with Gasteiger partial charge in [-0.05, 0) is 57.8 Å². The maximum absolute atomic E-state index is 6.91. The Hall–Kier alpha value is -4.69. The van der Waals surface area contributed by atoms with Crippen LogP contribution in [0.15, 0.2) is 172 Å². The van der Waals surface area contributed by atoms with Crippen molar-refractivity contribution in [3.05, 3.63) is 169 Å². The molecule has 4 nitrogen and oxygen atoms in total. The van der Waals surface area contributed by atoms with Gasteiger partial charge in [0.05, 0.1) is 5.66 Å². The fraction of sp³-hybridized carbons (Fsp3) is 0.0732. The zero-order valence-corrected chi connectivity index (χ0v) is 27.6. The summed E-state index contributed by atoms with van der Waals surface area (Å²) >= 11 is 0. The van der Waals surface area contributed by atoms with Gasteiger partial charge in [-0.3, -0.25) is 0 Å². The quantitative estimate of drug-likeness (QED) is 0.121. The van der Waals surface area contributed by atoms with Gasteiger partial charge in [0.1, 0.15) is 11.2 Å². The van der Waals surface area contributed by atoms with Crippen LogP contribution in [0.25, 0.3) is 43.5 Å². The number of rotatable bonds is 8. The Morgan fingerprint density at radius 1 is 0.511 bits per heavy atom. The lowest BCUT2D eigenvalue weighted by Crippen LogP contribution is -2.30. The molecule has 47 heavy (non-hydrogen) atoms. The maximum Gasteiger partial charge on any atom is 0.390 e. The molecule has 0 fully saturated rings. The van der Waals surface area contributed by atoms with Crippen LogP contribution in [0.2, 0.25) is 0 Å². The summed E-state index contributed by atoms with van der Waals surface area (Å²) in [6.07, 6.45) is -0.680. The van der Waals surface area contributed by atoms with Crippen molar-refractivity contribution in [3.8, 4) is 0 Å². The van der Waals surface area contributed by atoms with Crippen molar-refractivity contribution >= 4 is 70.3 Å². The molecule has 0 radical (unpaired) electrons. The first-order chi connectivity index (χ1) is 23.3. The molecule has 0 aliphatic carbocycles. The van der Waals surface area contributed by atoms with Gasteiger partial charge in [-0.25, -0.2) is 4.52 Å². The number of methoxy groups -OCH3 is 1. The van der Waals surface area contributed by atoms with E-state index in [0.29, 0.717) is 0 Å². The van der Waals surface area contributed by atoms with Crippen molar-refractivity contribution in [2.45, 2.75) is 11.9 Å². The minimum atomic E-state index is -1.93. The summed E-state index contributed by atoms with van der Waals surface area (Å²) in [5.41, 5.74) is 2.42. The van der Waals surface area contributed by atoms with Crippen LogP contribution in [-0.4, -0.2) is 13.4 Å². The van der Waals surface area contributed by atoms with Crippen LogP contribution < -0.4 is 15.1 Å². The van der Waals surface area contributed by atoms with Crippen LogP contribution in [0, 0.1) is 0 Å². The fourth-order valence-electron chi connectivity index (χ4n) is 6.43. The van der Waals surface area contributed by atoms with E-state index in [2.05, 4.69) is 146 Å². The minimum absolute atomic E-state index is 0.161. The summed E-state index contributed by atoms with van der Waals surface area (Å²) < 4.78 is 26.7. The average molecular weight is 651 g/mol. The number of ether oxygens (including phenoxy) is 1. The van der Waals surface area contributed by atoms with E-state index >= 15 is 0 Å². The topological polar surface area (TPSA) is 44.7 Å². The summed E-state index contributed by atoms with van der Waals surface area (Å²) in [7, 11) is -1.19. The lowest BCUT2D eigenvalue weighted by atomic mass is 9.99. The highest BCUT2D eigenvalue weighted by Gasteiger charge is 2.35. The molecule has 0 spiro atoms. The molecular formula is C41H32O4P2. The van der Waals surface area contributed by atoms with E-state index in [9.17, 15) is 0 Å². The Morgan fingerprint density at radius 3 is 1.45 bits per heavy atom. The Balaban J connectivity index is 1.36. The molecule has 1 aromatic heterocycles. The van der Waals surface area contributed by atoms with Crippen LogP contribution in [0.3, 0.4) is 0 Å². The van der Waals surface area contributed by atoms with Gasteiger partial charge < -0.3 is 13.1 Å². The molecule has 230 valence electrons. The summed E-state index contributed by atoms with van der Waals surface area (Å²) in [6, 6.07) is 56.9. The highest BCUT2D eigenvalue weighted by atomic mass is 31.1. The maximum atomic E-state index is 6.91. The lowest BCUT2D eigenvalue weighted by molar-refractivity contribution is -0.0289. The second-order valence-corrected chi connectivity index (χ2v) is 14.7. The van der Waals surface area contributed by atoms with Crippen LogP contribution in [0.5, 0.6) is 0 Å². The molecule has 0 aliphatic rings. The third kappa shape index (κ3) is 5.76. The highest BCUT2D eigenvalue weighted by Crippen LogP contribution is 2.53. The summed E-state index contributed by atoms with van der Waals surface area (Å²) in [4.78, 5) is 0. The van der Waals surface area contributed by atoms with Gasteiger partial charge in [0, 0.05) is 17.9 Å². The zero-order valence-electron chi connectivity index (χ0n) is 25.8. The highest BCUT2D eigenvalue weighted by molar-refractivity contribution is 7.73. The molecule has 0 aliphatic heterocycles. The van der Waals surface area contributed by atoms with E-state index in [4.69, 9.17) is 17.7 Å².